The van der Waals surface area contributed by atoms with Crippen LogP contribution >= 0.6 is 0 Å². The molecule has 0 saturated carbocycles. The van der Waals surface area contributed by atoms with E-state index in [1.54, 1.807) is 12.1 Å². The molecule has 1 unspecified atom stereocenters. The van der Waals surface area contributed by atoms with Crippen molar-refractivity contribution in [2.45, 2.75) is 25.4 Å². The zero-order chi connectivity index (χ0) is 15.4. The number of hydrogen-bond donors (Lipinski definition) is 1. The van der Waals surface area contributed by atoms with Crippen molar-refractivity contribution in [1.29, 1.82) is 0 Å². The Morgan fingerprint density at radius 1 is 1.18 bits per heavy atom. The van der Waals surface area contributed by atoms with E-state index in [0.717, 1.165) is 24.9 Å². The first-order valence-electron chi connectivity index (χ1n) is 7.45. The van der Waals surface area contributed by atoms with Gasteiger partial charge in [-0.3, -0.25) is 10.1 Å². The van der Waals surface area contributed by atoms with E-state index in [9.17, 15) is 10.1 Å². The van der Waals surface area contributed by atoms with Crippen LogP contribution in [-0.4, -0.2) is 11.0 Å². The fourth-order valence-electron chi connectivity index (χ4n) is 2.72. The third-order valence-electron chi connectivity index (χ3n) is 3.98. The van der Waals surface area contributed by atoms with Gasteiger partial charge in [-0.05, 0) is 29.5 Å². The Balaban J connectivity index is 1.68. The minimum Gasteiger partial charge on any atom is -0.306 e. The minimum absolute atomic E-state index is 0.152. The summed E-state index contributed by atoms with van der Waals surface area (Å²) >= 11 is 0. The predicted molar refractivity (Wildman–Crippen MR) is 87.5 cm³/mol. The van der Waals surface area contributed by atoms with Gasteiger partial charge in [0.15, 0.2) is 0 Å². The van der Waals surface area contributed by atoms with Crippen molar-refractivity contribution in [3.63, 3.8) is 0 Å². The standard InChI is InChI=1S/C18H18N2O2/c21-20(22)18-11-8-15-6-9-17(10-7-16(15)12-18)19-13-14-4-2-1-3-5-14/h1-5,7-8,10-12,17,19H,6,9,13H2. The van der Waals surface area contributed by atoms with E-state index in [0.29, 0.717) is 0 Å². The molecule has 1 aliphatic carbocycles. The average Bonchev–Trinajstić information content (AvgIpc) is 2.75. The number of hydrogen-bond acceptors (Lipinski definition) is 3. The molecule has 0 heterocycles. The van der Waals surface area contributed by atoms with Crippen LogP contribution in [0.1, 0.15) is 23.1 Å². The first-order valence-corrected chi connectivity index (χ1v) is 7.45. The van der Waals surface area contributed by atoms with Crippen LogP contribution in [0.5, 0.6) is 0 Å². The Hall–Kier alpha value is -2.46. The van der Waals surface area contributed by atoms with Gasteiger partial charge < -0.3 is 5.32 Å². The van der Waals surface area contributed by atoms with Crippen molar-refractivity contribution >= 4 is 11.8 Å². The lowest BCUT2D eigenvalue weighted by Gasteiger charge is -2.13. The molecule has 1 aliphatic rings. The Labute approximate surface area is 129 Å². The van der Waals surface area contributed by atoms with Crippen LogP contribution in [0.3, 0.4) is 0 Å². The van der Waals surface area contributed by atoms with Crippen molar-refractivity contribution in [3.8, 4) is 0 Å². The molecule has 1 N–H and O–H groups in total. The minimum atomic E-state index is -0.343. The third kappa shape index (κ3) is 3.40. The molecule has 0 bridgehead atoms. The summed E-state index contributed by atoms with van der Waals surface area (Å²) in [5, 5.41) is 14.4. The zero-order valence-electron chi connectivity index (χ0n) is 12.2. The van der Waals surface area contributed by atoms with Crippen LogP contribution in [0.25, 0.3) is 6.08 Å². The third-order valence-corrected chi connectivity index (χ3v) is 3.98. The van der Waals surface area contributed by atoms with Crippen molar-refractivity contribution in [2.75, 3.05) is 0 Å². The monoisotopic (exact) mass is 294 g/mol. The normalized spacial score (nSPS) is 16.8. The zero-order valence-corrected chi connectivity index (χ0v) is 12.2. The highest BCUT2D eigenvalue weighted by atomic mass is 16.6. The molecule has 0 fully saturated rings. The SMILES string of the molecule is O=[N+]([O-])c1ccc2c(c1)C=CC(NCc1ccccc1)CC2. The van der Waals surface area contributed by atoms with Gasteiger partial charge in [0.05, 0.1) is 4.92 Å². The Morgan fingerprint density at radius 3 is 2.77 bits per heavy atom. The molecule has 0 aliphatic heterocycles. The lowest BCUT2D eigenvalue weighted by Crippen LogP contribution is -2.26. The number of non-ortho nitro benzene ring substituents is 1. The second-order valence-corrected chi connectivity index (χ2v) is 5.51. The van der Waals surface area contributed by atoms with Crippen LogP contribution in [0, 0.1) is 10.1 Å². The van der Waals surface area contributed by atoms with Gasteiger partial charge in [0, 0.05) is 24.7 Å². The number of benzene rings is 2. The van der Waals surface area contributed by atoms with Crippen molar-refractivity contribution in [1.82, 2.24) is 5.32 Å². The molecule has 2 aromatic carbocycles. The van der Waals surface area contributed by atoms with Gasteiger partial charge in [0.1, 0.15) is 0 Å². The highest BCUT2D eigenvalue weighted by Crippen LogP contribution is 2.23. The second-order valence-electron chi connectivity index (χ2n) is 5.51. The van der Waals surface area contributed by atoms with Crippen LogP contribution in [0.4, 0.5) is 5.69 Å². The molecular weight excluding hydrogens is 276 g/mol. The number of nitro benzene ring substituents is 1. The lowest BCUT2D eigenvalue weighted by atomic mass is 10.0. The molecule has 4 nitrogen and oxygen atoms in total. The number of aryl methyl sites for hydroxylation is 1. The van der Waals surface area contributed by atoms with E-state index in [4.69, 9.17) is 0 Å². The summed E-state index contributed by atoms with van der Waals surface area (Å²) in [6.07, 6.45) is 6.03. The lowest BCUT2D eigenvalue weighted by molar-refractivity contribution is -0.384. The van der Waals surface area contributed by atoms with Gasteiger partial charge in [-0.2, -0.15) is 0 Å². The maximum atomic E-state index is 10.9. The number of fused-ring (bicyclic) bond motifs is 1. The van der Waals surface area contributed by atoms with Gasteiger partial charge in [-0.25, -0.2) is 0 Å². The molecule has 4 heteroatoms. The van der Waals surface area contributed by atoms with E-state index in [1.165, 1.54) is 11.1 Å². The van der Waals surface area contributed by atoms with Gasteiger partial charge in [0.25, 0.3) is 5.69 Å². The number of nitro groups is 1. The highest BCUT2D eigenvalue weighted by Gasteiger charge is 2.14. The number of nitrogens with one attached hydrogen (secondary N) is 1. The average molecular weight is 294 g/mol. The molecule has 0 amide bonds. The summed E-state index contributed by atoms with van der Waals surface area (Å²) in [4.78, 5) is 10.5. The fourth-order valence-corrected chi connectivity index (χ4v) is 2.72. The molecule has 112 valence electrons. The molecule has 3 rings (SSSR count). The van der Waals surface area contributed by atoms with Crippen LogP contribution < -0.4 is 5.32 Å². The molecule has 2 aromatic rings. The summed E-state index contributed by atoms with van der Waals surface area (Å²) in [7, 11) is 0. The van der Waals surface area contributed by atoms with Crippen LogP contribution in [-0.2, 0) is 13.0 Å². The summed E-state index contributed by atoms with van der Waals surface area (Å²) in [6, 6.07) is 15.7. The van der Waals surface area contributed by atoms with Gasteiger partial charge in [-0.1, -0.05) is 48.6 Å². The van der Waals surface area contributed by atoms with E-state index in [-0.39, 0.29) is 16.7 Å². The largest absolute Gasteiger partial charge is 0.306 e. The second kappa shape index (κ2) is 6.54. The molecule has 1 atom stereocenters. The summed E-state index contributed by atoms with van der Waals surface area (Å²) in [5.41, 5.74) is 3.54. The van der Waals surface area contributed by atoms with E-state index in [2.05, 4.69) is 23.5 Å². The van der Waals surface area contributed by atoms with E-state index < -0.39 is 0 Å². The summed E-state index contributed by atoms with van der Waals surface area (Å²) in [6.45, 7) is 0.826. The summed E-state index contributed by atoms with van der Waals surface area (Å²) in [5.74, 6) is 0. The maximum absolute atomic E-state index is 10.9. The Kier molecular flexibility index (Phi) is 4.30. The van der Waals surface area contributed by atoms with Crippen LogP contribution in [0.2, 0.25) is 0 Å². The van der Waals surface area contributed by atoms with E-state index in [1.807, 2.05) is 30.3 Å². The smallest absolute Gasteiger partial charge is 0.270 e. The molecule has 0 aromatic heterocycles. The molecular formula is C18H18N2O2. The first-order chi connectivity index (χ1) is 10.7. The Morgan fingerprint density at radius 2 is 2.00 bits per heavy atom. The number of nitrogens with zero attached hydrogens (tertiary/aromatic N) is 1. The highest BCUT2D eigenvalue weighted by molar-refractivity contribution is 5.59. The molecule has 22 heavy (non-hydrogen) atoms. The maximum Gasteiger partial charge on any atom is 0.270 e. The Bertz CT molecular complexity index is 695. The van der Waals surface area contributed by atoms with Crippen LogP contribution in [0.15, 0.2) is 54.6 Å². The van der Waals surface area contributed by atoms with Crippen molar-refractivity contribution in [2.24, 2.45) is 0 Å². The van der Waals surface area contributed by atoms with Gasteiger partial charge in [0.2, 0.25) is 0 Å². The predicted octanol–water partition coefficient (Wildman–Crippen LogP) is 3.71. The van der Waals surface area contributed by atoms with Crippen molar-refractivity contribution < 1.29 is 4.92 Å². The fraction of sp³-hybridized carbons (Fsp3) is 0.222. The number of rotatable bonds is 4. The molecule has 0 spiro atoms. The van der Waals surface area contributed by atoms with Gasteiger partial charge >= 0.3 is 0 Å². The summed E-state index contributed by atoms with van der Waals surface area (Å²) < 4.78 is 0. The molecule has 0 saturated heterocycles. The van der Waals surface area contributed by atoms with E-state index >= 15 is 0 Å². The quantitative estimate of drug-likeness (QED) is 0.691. The first kappa shape index (κ1) is 14.5. The molecule has 0 radical (unpaired) electrons. The topological polar surface area (TPSA) is 55.2 Å². The van der Waals surface area contributed by atoms with Crippen molar-refractivity contribution in [3.05, 3.63) is 81.4 Å². The van der Waals surface area contributed by atoms with Gasteiger partial charge in [-0.15, -0.1) is 0 Å².